The molecule has 8 N–H and O–H groups in total. The lowest BCUT2D eigenvalue weighted by atomic mass is 10.0. The molecule has 3 unspecified atom stereocenters. The van der Waals surface area contributed by atoms with Crippen molar-refractivity contribution >= 4 is 29.6 Å². The molecule has 0 aliphatic heterocycles. The molecule has 1 aromatic rings. The van der Waals surface area contributed by atoms with E-state index in [2.05, 4.69) is 16.0 Å². The van der Waals surface area contributed by atoms with Crippen LogP contribution in [0.25, 0.3) is 0 Å². The first-order chi connectivity index (χ1) is 14.5. The van der Waals surface area contributed by atoms with Gasteiger partial charge in [-0.05, 0) is 11.5 Å². The number of carboxylic acid groups (broad SMARTS) is 1. The number of hydrogen-bond acceptors (Lipinski definition) is 6. The van der Waals surface area contributed by atoms with Crippen LogP contribution in [0.1, 0.15) is 25.8 Å². The third-order valence-corrected chi connectivity index (χ3v) is 4.39. The van der Waals surface area contributed by atoms with E-state index in [0.29, 0.717) is 5.56 Å². The van der Waals surface area contributed by atoms with E-state index >= 15 is 0 Å². The van der Waals surface area contributed by atoms with Crippen molar-refractivity contribution in [3.63, 3.8) is 0 Å². The Kier molecular flexibility index (Phi) is 10.1. The third kappa shape index (κ3) is 9.26. The van der Waals surface area contributed by atoms with Crippen LogP contribution in [0.3, 0.4) is 0 Å². The van der Waals surface area contributed by atoms with Gasteiger partial charge in [-0.15, -0.1) is 0 Å². The molecule has 11 nitrogen and oxygen atoms in total. The van der Waals surface area contributed by atoms with E-state index in [9.17, 15) is 24.0 Å². The Labute approximate surface area is 179 Å². The molecular formula is C20H29N5O6. The van der Waals surface area contributed by atoms with Crippen LogP contribution in [-0.2, 0) is 30.4 Å². The summed E-state index contributed by atoms with van der Waals surface area (Å²) in [6.07, 6.45) is -0.446. The molecule has 0 heterocycles. The fraction of sp³-hybridized carbons (Fsp3) is 0.450. The second-order valence-corrected chi connectivity index (χ2v) is 7.36. The summed E-state index contributed by atoms with van der Waals surface area (Å²) in [5.74, 6) is -4.51. The second-order valence-electron chi connectivity index (χ2n) is 7.36. The molecule has 0 aliphatic rings. The van der Waals surface area contributed by atoms with Crippen molar-refractivity contribution < 1.29 is 29.1 Å². The van der Waals surface area contributed by atoms with Gasteiger partial charge < -0.3 is 32.5 Å². The SMILES string of the molecule is CC(C)C(N)C(=O)NC(CC(N)=O)C(=O)NC(Cc1ccccc1)C(=O)NCC(=O)O. The Hall–Kier alpha value is -3.47. The van der Waals surface area contributed by atoms with Crippen molar-refractivity contribution in [3.8, 4) is 0 Å². The molecule has 11 heteroatoms. The lowest BCUT2D eigenvalue weighted by Crippen LogP contribution is -2.57. The molecule has 3 atom stereocenters. The van der Waals surface area contributed by atoms with Crippen LogP contribution in [-0.4, -0.2) is 59.4 Å². The lowest BCUT2D eigenvalue weighted by molar-refractivity contribution is -0.138. The largest absolute Gasteiger partial charge is 0.480 e. The Balaban J connectivity index is 3.00. The van der Waals surface area contributed by atoms with Gasteiger partial charge in [0.2, 0.25) is 23.6 Å². The summed E-state index contributed by atoms with van der Waals surface area (Å²) in [6, 6.07) is 5.31. The maximum Gasteiger partial charge on any atom is 0.322 e. The van der Waals surface area contributed by atoms with E-state index in [4.69, 9.17) is 16.6 Å². The summed E-state index contributed by atoms with van der Waals surface area (Å²) in [7, 11) is 0. The lowest BCUT2D eigenvalue weighted by Gasteiger charge is -2.24. The number of primary amides is 1. The Morgan fingerprint density at radius 1 is 0.935 bits per heavy atom. The van der Waals surface area contributed by atoms with Crippen molar-refractivity contribution in [2.45, 2.75) is 44.8 Å². The molecule has 0 saturated heterocycles. The van der Waals surface area contributed by atoms with Gasteiger partial charge in [0.25, 0.3) is 0 Å². The number of carbonyl (C=O) groups excluding carboxylic acids is 4. The zero-order valence-electron chi connectivity index (χ0n) is 17.5. The first-order valence-corrected chi connectivity index (χ1v) is 9.69. The van der Waals surface area contributed by atoms with Gasteiger partial charge in [-0.3, -0.25) is 24.0 Å². The molecule has 1 aromatic carbocycles. The van der Waals surface area contributed by atoms with E-state index in [1.807, 2.05) is 0 Å². The van der Waals surface area contributed by atoms with Crippen LogP contribution in [0.2, 0.25) is 0 Å². The van der Waals surface area contributed by atoms with E-state index in [1.54, 1.807) is 44.2 Å². The first kappa shape index (κ1) is 25.6. The van der Waals surface area contributed by atoms with Crippen LogP contribution in [0, 0.1) is 5.92 Å². The summed E-state index contributed by atoms with van der Waals surface area (Å²) >= 11 is 0. The Morgan fingerprint density at radius 2 is 1.52 bits per heavy atom. The number of nitrogens with two attached hydrogens (primary N) is 2. The van der Waals surface area contributed by atoms with E-state index in [1.165, 1.54) is 0 Å². The van der Waals surface area contributed by atoms with Gasteiger partial charge >= 0.3 is 5.97 Å². The average molecular weight is 435 g/mol. The van der Waals surface area contributed by atoms with E-state index < -0.39 is 60.7 Å². The Bertz CT molecular complexity index is 799. The molecule has 0 aromatic heterocycles. The zero-order chi connectivity index (χ0) is 23.6. The monoisotopic (exact) mass is 435 g/mol. The third-order valence-electron chi connectivity index (χ3n) is 4.39. The van der Waals surface area contributed by atoms with Gasteiger partial charge in [-0.1, -0.05) is 44.2 Å². The zero-order valence-corrected chi connectivity index (χ0v) is 17.5. The van der Waals surface area contributed by atoms with Gasteiger partial charge in [0.15, 0.2) is 0 Å². The number of benzene rings is 1. The molecule has 31 heavy (non-hydrogen) atoms. The van der Waals surface area contributed by atoms with Gasteiger partial charge in [0.05, 0.1) is 12.5 Å². The maximum atomic E-state index is 12.8. The number of carbonyl (C=O) groups is 5. The van der Waals surface area contributed by atoms with Crippen molar-refractivity contribution in [1.29, 1.82) is 0 Å². The molecule has 4 amide bonds. The van der Waals surface area contributed by atoms with Crippen LogP contribution >= 0.6 is 0 Å². The van der Waals surface area contributed by atoms with Gasteiger partial charge in [0.1, 0.15) is 18.6 Å². The first-order valence-electron chi connectivity index (χ1n) is 9.69. The summed E-state index contributed by atoms with van der Waals surface area (Å²) < 4.78 is 0. The molecule has 0 bridgehead atoms. The van der Waals surface area contributed by atoms with Gasteiger partial charge in [-0.25, -0.2) is 0 Å². The molecule has 1 rings (SSSR count). The van der Waals surface area contributed by atoms with Crippen LogP contribution < -0.4 is 27.4 Å². The second kappa shape index (κ2) is 12.3. The summed E-state index contributed by atoms with van der Waals surface area (Å²) in [5.41, 5.74) is 11.7. The highest BCUT2D eigenvalue weighted by molar-refractivity contribution is 5.96. The predicted molar refractivity (Wildman–Crippen MR) is 111 cm³/mol. The molecular weight excluding hydrogens is 406 g/mol. The van der Waals surface area contributed by atoms with Gasteiger partial charge in [0, 0.05) is 6.42 Å². The van der Waals surface area contributed by atoms with Crippen molar-refractivity contribution in [3.05, 3.63) is 35.9 Å². The number of hydrogen-bond donors (Lipinski definition) is 6. The quantitative estimate of drug-likeness (QED) is 0.224. The predicted octanol–water partition coefficient (Wildman–Crippen LogP) is -1.74. The minimum absolute atomic E-state index is 0.0563. The normalized spacial score (nSPS) is 13.5. The Morgan fingerprint density at radius 3 is 2.03 bits per heavy atom. The molecule has 0 saturated carbocycles. The molecule has 0 aliphatic carbocycles. The smallest absolute Gasteiger partial charge is 0.322 e. The molecule has 0 radical (unpaired) electrons. The fourth-order valence-electron chi connectivity index (χ4n) is 2.60. The van der Waals surface area contributed by atoms with Crippen LogP contribution in [0.15, 0.2) is 30.3 Å². The van der Waals surface area contributed by atoms with E-state index in [-0.39, 0.29) is 12.3 Å². The van der Waals surface area contributed by atoms with Gasteiger partial charge in [-0.2, -0.15) is 0 Å². The highest BCUT2D eigenvalue weighted by Gasteiger charge is 2.30. The molecule has 0 fully saturated rings. The molecule has 170 valence electrons. The van der Waals surface area contributed by atoms with Crippen molar-refractivity contribution in [1.82, 2.24) is 16.0 Å². The topological polar surface area (TPSA) is 194 Å². The highest BCUT2D eigenvalue weighted by atomic mass is 16.4. The minimum Gasteiger partial charge on any atom is -0.480 e. The number of carboxylic acids is 1. The summed E-state index contributed by atoms with van der Waals surface area (Å²) in [4.78, 5) is 59.7. The van der Waals surface area contributed by atoms with Crippen molar-refractivity contribution in [2.75, 3.05) is 6.54 Å². The summed E-state index contributed by atoms with van der Waals surface area (Å²) in [5, 5.41) is 15.8. The fourth-order valence-corrected chi connectivity index (χ4v) is 2.60. The van der Waals surface area contributed by atoms with E-state index in [0.717, 1.165) is 0 Å². The maximum absolute atomic E-state index is 12.8. The number of amides is 4. The highest BCUT2D eigenvalue weighted by Crippen LogP contribution is 2.06. The number of rotatable bonds is 12. The summed E-state index contributed by atoms with van der Waals surface area (Å²) in [6.45, 7) is 2.80. The minimum atomic E-state index is -1.35. The average Bonchev–Trinajstić information content (AvgIpc) is 2.70. The standard InChI is InChI=1S/C20H29N5O6/c1-11(2)17(22)20(31)25-14(9-15(21)26)19(30)24-13(18(29)23-10-16(27)28)8-12-6-4-3-5-7-12/h3-7,11,13-14,17H,8-10,22H2,1-2H3,(H2,21,26)(H,23,29)(H,24,30)(H,25,31)(H,27,28). The van der Waals surface area contributed by atoms with Crippen LogP contribution in [0.4, 0.5) is 0 Å². The van der Waals surface area contributed by atoms with Crippen molar-refractivity contribution in [2.24, 2.45) is 17.4 Å². The number of nitrogens with one attached hydrogen (secondary N) is 3. The number of aliphatic carboxylic acids is 1. The van der Waals surface area contributed by atoms with Crippen LogP contribution in [0.5, 0.6) is 0 Å². The molecule has 0 spiro atoms.